The third-order valence-corrected chi connectivity index (χ3v) is 3.18. The summed E-state index contributed by atoms with van der Waals surface area (Å²) in [5, 5.41) is 8.61. The SMILES string of the molecule is NCc1ccc(Cc2[nH]nc3ccccc23)cc1. The fourth-order valence-corrected chi connectivity index (χ4v) is 2.15. The second-order valence-electron chi connectivity index (χ2n) is 4.42. The minimum Gasteiger partial charge on any atom is -0.326 e. The van der Waals surface area contributed by atoms with E-state index in [1.807, 2.05) is 18.2 Å². The van der Waals surface area contributed by atoms with Crippen LogP contribution in [0.3, 0.4) is 0 Å². The number of para-hydroxylation sites is 1. The first-order chi connectivity index (χ1) is 8.86. The van der Waals surface area contributed by atoms with Gasteiger partial charge in [-0.3, -0.25) is 5.10 Å². The van der Waals surface area contributed by atoms with Crippen molar-refractivity contribution in [1.29, 1.82) is 0 Å². The number of nitrogens with zero attached hydrogens (tertiary/aromatic N) is 1. The van der Waals surface area contributed by atoms with Crippen LogP contribution in [0.5, 0.6) is 0 Å². The first kappa shape index (κ1) is 11.0. The van der Waals surface area contributed by atoms with E-state index in [0.717, 1.165) is 23.2 Å². The number of hydrogen-bond acceptors (Lipinski definition) is 2. The zero-order valence-electron chi connectivity index (χ0n) is 10.1. The predicted octanol–water partition coefficient (Wildman–Crippen LogP) is 2.61. The maximum atomic E-state index is 5.59. The Balaban J connectivity index is 1.91. The average Bonchev–Trinajstić information content (AvgIpc) is 2.83. The van der Waals surface area contributed by atoms with Gasteiger partial charge in [-0.1, -0.05) is 42.5 Å². The highest BCUT2D eigenvalue weighted by molar-refractivity contribution is 5.81. The van der Waals surface area contributed by atoms with Crippen molar-refractivity contribution in [3.8, 4) is 0 Å². The van der Waals surface area contributed by atoms with Crippen molar-refractivity contribution in [2.75, 3.05) is 0 Å². The maximum absolute atomic E-state index is 5.59. The van der Waals surface area contributed by atoms with E-state index < -0.39 is 0 Å². The third-order valence-electron chi connectivity index (χ3n) is 3.18. The highest BCUT2D eigenvalue weighted by Crippen LogP contribution is 2.18. The van der Waals surface area contributed by atoms with E-state index in [1.54, 1.807) is 0 Å². The van der Waals surface area contributed by atoms with Gasteiger partial charge in [0, 0.05) is 24.0 Å². The fourth-order valence-electron chi connectivity index (χ4n) is 2.15. The van der Waals surface area contributed by atoms with Crippen LogP contribution in [0.4, 0.5) is 0 Å². The molecule has 0 radical (unpaired) electrons. The molecular weight excluding hydrogens is 222 g/mol. The second-order valence-corrected chi connectivity index (χ2v) is 4.42. The monoisotopic (exact) mass is 237 g/mol. The molecule has 1 aromatic heterocycles. The highest BCUT2D eigenvalue weighted by atomic mass is 15.1. The molecule has 0 aliphatic heterocycles. The average molecular weight is 237 g/mol. The number of H-pyrrole nitrogens is 1. The van der Waals surface area contributed by atoms with Gasteiger partial charge in [0.1, 0.15) is 0 Å². The number of nitrogens with one attached hydrogen (secondary N) is 1. The Hall–Kier alpha value is -2.13. The minimum absolute atomic E-state index is 0.591. The van der Waals surface area contributed by atoms with Crippen molar-refractivity contribution in [2.24, 2.45) is 5.73 Å². The number of hydrogen-bond donors (Lipinski definition) is 2. The quantitative estimate of drug-likeness (QED) is 0.735. The van der Waals surface area contributed by atoms with Gasteiger partial charge in [-0.2, -0.15) is 5.10 Å². The zero-order valence-corrected chi connectivity index (χ0v) is 10.1. The minimum atomic E-state index is 0.591. The molecule has 0 saturated carbocycles. The van der Waals surface area contributed by atoms with Crippen LogP contribution in [0.1, 0.15) is 16.8 Å². The van der Waals surface area contributed by atoms with Gasteiger partial charge in [-0.05, 0) is 17.2 Å². The van der Waals surface area contributed by atoms with E-state index in [-0.39, 0.29) is 0 Å². The summed E-state index contributed by atoms with van der Waals surface area (Å²) in [6.45, 7) is 0.591. The summed E-state index contributed by atoms with van der Waals surface area (Å²) in [5.41, 5.74) is 10.2. The van der Waals surface area contributed by atoms with E-state index in [2.05, 4.69) is 40.5 Å². The predicted molar refractivity (Wildman–Crippen MR) is 73.2 cm³/mol. The van der Waals surface area contributed by atoms with Gasteiger partial charge >= 0.3 is 0 Å². The smallest absolute Gasteiger partial charge is 0.0923 e. The maximum Gasteiger partial charge on any atom is 0.0923 e. The molecule has 3 N–H and O–H groups in total. The van der Waals surface area contributed by atoms with Gasteiger partial charge < -0.3 is 5.73 Å². The largest absolute Gasteiger partial charge is 0.326 e. The van der Waals surface area contributed by atoms with Crippen LogP contribution < -0.4 is 5.73 Å². The van der Waals surface area contributed by atoms with E-state index in [1.165, 1.54) is 10.9 Å². The Kier molecular flexibility index (Phi) is 2.82. The fraction of sp³-hybridized carbons (Fsp3) is 0.133. The Bertz CT molecular complexity index is 653. The Morgan fingerprint density at radius 1 is 0.944 bits per heavy atom. The molecular formula is C15H15N3. The lowest BCUT2D eigenvalue weighted by molar-refractivity contribution is 1.01. The van der Waals surface area contributed by atoms with Gasteiger partial charge in [0.15, 0.2) is 0 Å². The number of aromatic nitrogens is 2. The van der Waals surface area contributed by atoms with Crippen molar-refractivity contribution < 1.29 is 0 Å². The van der Waals surface area contributed by atoms with E-state index in [9.17, 15) is 0 Å². The molecule has 3 heteroatoms. The Morgan fingerprint density at radius 2 is 1.67 bits per heavy atom. The topological polar surface area (TPSA) is 54.7 Å². The summed E-state index contributed by atoms with van der Waals surface area (Å²) in [4.78, 5) is 0. The Morgan fingerprint density at radius 3 is 2.44 bits per heavy atom. The lowest BCUT2D eigenvalue weighted by Crippen LogP contribution is -1.96. The van der Waals surface area contributed by atoms with Crippen LogP contribution in [0.15, 0.2) is 48.5 Å². The number of nitrogens with two attached hydrogens (primary N) is 1. The summed E-state index contributed by atoms with van der Waals surface area (Å²) in [6.07, 6.45) is 0.866. The van der Waals surface area contributed by atoms with E-state index in [4.69, 9.17) is 5.73 Å². The van der Waals surface area contributed by atoms with Crippen LogP contribution in [0.2, 0.25) is 0 Å². The van der Waals surface area contributed by atoms with Crippen molar-refractivity contribution in [2.45, 2.75) is 13.0 Å². The molecule has 0 bridgehead atoms. The molecule has 3 rings (SSSR count). The summed E-state index contributed by atoms with van der Waals surface area (Å²) in [6, 6.07) is 16.6. The normalized spacial score (nSPS) is 10.9. The lowest BCUT2D eigenvalue weighted by atomic mass is 10.1. The lowest BCUT2D eigenvalue weighted by Gasteiger charge is -2.01. The van der Waals surface area contributed by atoms with Crippen molar-refractivity contribution in [1.82, 2.24) is 10.2 Å². The number of aromatic amines is 1. The van der Waals surface area contributed by atoms with Crippen LogP contribution in [0, 0.1) is 0 Å². The molecule has 90 valence electrons. The van der Waals surface area contributed by atoms with Gasteiger partial charge in [0.05, 0.1) is 5.52 Å². The van der Waals surface area contributed by atoms with Crippen molar-refractivity contribution in [3.63, 3.8) is 0 Å². The van der Waals surface area contributed by atoms with Crippen LogP contribution in [-0.4, -0.2) is 10.2 Å². The Labute approximate surface area is 106 Å². The molecule has 0 aliphatic rings. The molecule has 0 aliphatic carbocycles. The molecule has 3 nitrogen and oxygen atoms in total. The molecule has 0 unspecified atom stereocenters. The first-order valence-electron chi connectivity index (χ1n) is 6.06. The summed E-state index contributed by atoms with van der Waals surface area (Å²) < 4.78 is 0. The van der Waals surface area contributed by atoms with Crippen LogP contribution in [0.25, 0.3) is 10.9 Å². The third kappa shape index (κ3) is 2.00. The molecule has 18 heavy (non-hydrogen) atoms. The summed E-state index contributed by atoms with van der Waals surface area (Å²) in [7, 11) is 0. The highest BCUT2D eigenvalue weighted by Gasteiger charge is 2.05. The standard InChI is InChI=1S/C15H15N3/c16-10-12-7-5-11(6-8-12)9-15-13-3-1-2-4-14(13)17-18-15/h1-8H,9-10,16H2,(H,17,18). The molecule has 0 spiro atoms. The van der Waals surface area contributed by atoms with Crippen LogP contribution >= 0.6 is 0 Å². The van der Waals surface area contributed by atoms with E-state index >= 15 is 0 Å². The first-order valence-corrected chi connectivity index (χ1v) is 6.06. The van der Waals surface area contributed by atoms with Gasteiger partial charge in [0.25, 0.3) is 0 Å². The van der Waals surface area contributed by atoms with Gasteiger partial charge in [-0.25, -0.2) is 0 Å². The molecule has 1 heterocycles. The second kappa shape index (κ2) is 4.63. The number of benzene rings is 2. The van der Waals surface area contributed by atoms with Gasteiger partial charge in [0.2, 0.25) is 0 Å². The molecule has 0 fully saturated rings. The molecule has 0 atom stereocenters. The molecule has 2 aromatic carbocycles. The van der Waals surface area contributed by atoms with Crippen molar-refractivity contribution >= 4 is 10.9 Å². The van der Waals surface area contributed by atoms with Crippen molar-refractivity contribution in [3.05, 3.63) is 65.4 Å². The number of rotatable bonds is 3. The van der Waals surface area contributed by atoms with Gasteiger partial charge in [-0.15, -0.1) is 0 Å². The van der Waals surface area contributed by atoms with E-state index in [0.29, 0.717) is 6.54 Å². The summed E-state index contributed by atoms with van der Waals surface area (Å²) >= 11 is 0. The number of fused-ring (bicyclic) bond motifs is 1. The molecule has 0 amide bonds. The molecule has 3 aromatic rings. The molecule has 0 saturated heterocycles. The zero-order chi connectivity index (χ0) is 12.4. The summed E-state index contributed by atoms with van der Waals surface area (Å²) in [5.74, 6) is 0. The van der Waals surface area contributed by atoms with Crippen LogP contribution in [-0.2, 0) is 13.0 Å².